The van der Waals surface area contributed by atoms with Gasteiger partial charge < -0.3 is 15.0 Å². The minimum Gasteiger partial charge on any atom is -0.494 e. The summed E-state index contributed by atoms with van der Waals surface area (Å²) in [6.45, 7) is 5.31. The van der Waals surface area contributed by atoms with Gasteiger partial charge in [-0.1, -0.05) is 30.3 Å². The predicted molar refractivity (Wildman–Crippen MR) is 111 cm³/mol. The molecule has 28 heavy (non-hydrogen) atoms. The van der Waals surface area contributed by atoms with Gasteiger partial charge in [-0.2, -0.15) is 0 Å². The number of carbonyl (C=O) groups is 2. The van der Waals surface area contributed by atoms with Crippen molar-refractivity contribution in [3.05, 3.63) is 54.1 Å². The zero-order valence-corrected chi connectivity index (χ0v) is 16.6. The van der Waals surface area contributed by atoms with E-state index in [1.54, 1.807) is 4.90 Å². The molecule has 6 nitrogen and oxygen atoms in total. The molecule has 3 rings (SSSR count). The number of nitrogens with zero attached hydrogens (tertiary/aromatic N) is 2. The standard InChI is InChI=1S/C22H27N3O3/c1-4-28-20-12-8-5-9-17(20)14-24(3)15-22(27)25-16(2)13-21(26)23-18-10-6-7-11-19(18)25/h5-12,16H,4,13-15H2,1-3H3,(H,23,26)/t16-/m1/s1. The van der Waals surface area contributed by atoms with Crippen LogP contribution in [0.15, 0.2) is 48.5 Å². The minimum absolute atomic E-state index is 0.0344. The number of fused-ring (bicyclic) bond motifs is 1. The Morgan fingerprint density at radius 1 is 1.21 bits per heavy atom. The van der Waals surface area contributed by atoms with Gasteiger partial charge in [-0.15, -0.1) is 0 Å². The summed E-state index contributed by atoms with van der Waals surface area (Å²) in [4.78, 5) is 29.0. The van der Waals surface area contributed by atoms with E-state index in [9.17, 15) is 9.59 Å². The van der Waals surface area contributed by atoms with E-state index in [2.05, 4.69) is 5.32 Å². The number of likely N-dealkylation sites (N-methyl/N-ethyl adjacent to an activating group) is 1. The molecule has 0 saturated heterocycles. The summed E-state index contributed by atoms with van der Waals surface area (Å²) >= 11 is 0. The van der Waals surface area contributed by atoms with Crippen molar-refractivity contribution >= 4 is 23.2 Å². The number of hydrogen-bond acceptors (Lipinski definition) is 4. The summed E-state index contributed by atoms with van der Waals surface area (Å²) < 4.78 is 5.68. The average molecular weight is 381 g/mol. The number of ether oxygens (including phenoxy) is 1. The summed E-state index contributed by atoms with van der Waals surface area (Å²) in [5.41, 5.74) is 2.46. The first-order chi connectivity index (χ1) is 13.5. The normalized spacial score (nSPS) is 16.4. The topological polar surface area (TPSA) is 61.9 Å². The largest absolute Gasteiger partial charge is 0.494 e. The highest BCUT2D eigenvalue weighted by molar-refractivity contribution is 6.04. The van der Waals surface area contributed by atoms with Crippen molar-refractivity contribution in [3.63, 3.8) is 0 Å². The molecule has 1 heterocycles. The van der Waals surface area contributed by atoms with Gasteiger partial charge in [-0.25, -0.2) is 0 Å². The second-order valence-corrected chi connectivity index (χ2v) is 7.10. The maximum atomic E-state index is 13.2. The second-order valence-electron chi connectivity index (χ2n) is 7.10. The zero-order valence-electron chi connectivity index (χ0n) is 16.6. The van der Waals surface area contributed by atoms with Crippen LogP contribution in [-0.2, 0) is 16.1 Å². The molecule has 1 N–H and O–H groups in total. The van der Waals surface area contributed by atoms with Gasteiger partial charge >= 0.3 is 0 Å². The number of rotatable bonds is 6. The smallest absolute Gasteiger partial charge is 0.241 e. The lowest BCUT2D eigenvalue weighted by atomic mass is 10.1. The molecule has 0 spiro atoms. The van der Waals surface area contributed by atoms with Crippen molar-refractivity contribution < 1.29 is 14.3 Å². The van der Waals surface area contributed by atoms with Gasteiger partial charge in [0.15, 0.2) is 0 Å². The van der Waals surface area contributed by atoms with Crippen molar-refractivity contribution in [2.45, 2.75) is 32.9 Å². The van der Waals surface area contributed by atoms with Crippen molar-refractivity contribution in [2.75, 3.05) is 30.4 Å². The molecule has 148 valence electrons. The fourth-order valence-electron chi connectivity index (χ4n) is 3.55. The molecule has 2 amide bonds. The van der Waals surface area contributed by atoms with E-state index in [0.717, 1.165) is 17.0 Å². The van der Waals surface area contributed by atoms with Crippen LogP contribution in [0.5, 0.6) is 5.75 Å². The van der Waals surface area contributed by atoms with Crippen LogP contribution in [-0.4, -0.2) is 43.0 Å². The predicted octanol–water partition coefficient (Wildman–Crippen LogP) is 3.28. The van der Waals surface area contributed by atoms with E-state index < -0.39 is 0 Å². The van der Waals surface area contributed by atoms with Crippen LogP contribution in [0.4, 0.5) is 11.4 Å². The highest BCUT2D eigenvalue weighted by atomic mass is 16.5. The molecule has 0 fully saturated rings. The molecule has 0 unspecified atom stereocenters. The van der Waals surface area contributed by atoms with Gasteiger partial charge in [0.2, 0.25) is 11.8 Å². The zero-order chi connectivity index (χ0) is 20.1. The van der Waals surface area contributed by atoms with Crippen molar-refractivity contribution in [1.29, 1.82) is 0 Å². The van der Waals surface area contributed by atoms with E-state index in [1.165, 1.54) is 0 Å². The van der Waals surface area contributed by atoms with Crippen LogP contribution in [0.1, 0.15) is 25.8 Å². The fourth-order valence-corrected chi connectivity index (χ4v) is 3.55. The second kappa shape index (κ2) is 8.89. The summed E-state index contributed by atoms with van der Waals surface area (Å²) in [5, 5.41) is 2.89. The molecular weight excluding hydrogens is 354 g/mol. The Morgan fingerprint density at radius 3 is 2.71 bits per heavy atom. The summed E-state index contributed by atoms with van der Waals surface area (Å²) in [7, 11) is 1.92. The number of hydrogen-bond donors (Lipinski definition) is 1. The molecule has 0 aliphatic carbocycles. The highest BCUT2D eigenvalue weighted by Gasteiger charge is 2.29. The molecule has 0 aromatic heterocycles. The van der Waals surface area contributed by atoms with Crippen LogP contribution in [0.25, 0.3) is 0 Å². The highest BCUT2D eigenvalue weighted by Crippen LogP contribution is 2.31. The minimum atomic E-state index is -0.208. The number of carbonyl (C=O) groups excluding carboxylic acids is 2. The summed E-state index contributed by atoms with van der Waals surface area (Å²) in [6, 6.07) is 15.1. The molecule has 1 aliphatic heterocycles. The number of anilines is 2. The quantitative estimate of drug-likeness (QED) is 0.834. The molecule has 6 heteroatoms. The Morgan fingerprint density at radius 2 is 1.93 bits per heavy atom. The van der Waals surface area contributed by atoms with Crippen molar-refractivity contribution in [2.24, 2.45) is 0 Å². The molecule has 0 saturated carbocycles. The Hall–Kier alpha value is -2.86. The molecular formula is C22H27N3O3. The Labute approximate surface area is 166 Å². The fraction of sp³-hybridized carbons (Fsp3) is 0.364. The number of para-hydroxylation sites is 3. The van der Waals surface area contributed by atoms with Gasteiger partial charge in [0.1, 0.15) is 5.75 Å². The Kier molecular flexibility index (Phi) is 6.31. The van der Waals surface area contributed by atoms with Gasteiger partial charge in [0, 0.05) is 24.6 Å². The summed E-state index contributed by atoms with van der Waals surface area (Å²) in [6.07, 6.45) is 0.275. The molecule has 1 aliphatic rings. The molecule has 2 aromatic carbocycles. The lowest BCUT2D eigenvalue weighted by molar-refractivity contribution is -0.120. The van der Waals surface area contributed by atoms with Gasteiger partial charge in [-0.05, 0) is 39.1 Å². The van der Waals surface area contributed by atoms with E-state index in [4.69, 9.17) is 4.74 Å². The SMILES string of the molecule is CCOc1ccccc1CN(C)CC(=O)N1c2ccccc2NC(=O)C[C@H]1C. The van der Waals surface area contributed by atoms with Gasteiger partial charge in [0.05, 0.1) is 24.5 Å². The third-order valence-corrected chi connectivity index (χ3v) is 4.75. The Bertz CT molecular complexity index is 852. The molecule has 0 bridgehead atoms. The lowest BCUT2D eigenvalue weighted by Gasteiger charge is -2.30. The van der Waals surface area contributed by atoms with Crippen molar-refractivity contribution in [3.8, 4) is 5.75 Å². The van der Waals surface area contributed by atoms with Crippen LogP contribution >= 0.6 is 0 Å². The number of amides is 2. The molecule has 0 radical (unpaired) electrons. The number of benzene rings is 2. The monoisotopic (exact) mass is 381 g/mol. The van der Waals surface area contributed by atoms with Crippen LogP contribution in [0.3, 0.4) is 0 Å². The Balaban J connectivity index is 1.76. The first kappa shape index (κ1) is 19.9. The summed E-state index contributed by atoms with van der Waals surface area (Å²) in [5.74, 6) is 0.731. The van der Waals surface area contributed by atoms with Crippen LogP contribution in [0, 0.1) is 0 Å². The molecule has 1 atom stereocenters. The average Bonchev–Trinajstić information content (AvgIpc) is 2.77. The van der Waals surface area contributed by atoms with E-state index in [-0.39, 0.29) is 30.8 Å². The van der Waals surface area contributed by atoms with Crippen LogP contribution in [0.2, 0.25) is 0 Å². The third-order valence-electron chi connectivity index (χ3n) is 4.75. The first-order valence-electron chi connectivity index (χ1n) is 9.59. The van der Waals surface area contributed by atoms with E-state index >= 15 is 0 Å². The number of nitrogens with one attached hydrogen (secondary N) is 1. The van der Waals surface area contributed by atoms with Crippen LogP contribution < -0.4 is 15.0 Å². The first-order valence-corrected chi connectivity index (χ1v) is 9.59. The third kappa shape index (κ3) is 4.51. The maximum absolute atomic E-state index is 13.2. The van der Waals surface area contributed by atoms with E-state index in [0.29, 0.717) is 18.8 Å². The van der Waals surface area contributed by atoms with Crippen molar-refractivity contribution in [1.82, 2.24) is 4.90 Å². The van der Waals surface area contributed by atoms with Gasteiger partial charge in [-0.3, -0.25) is 14.5 Å². The molecule has 2 aromatic rings. The van der Waals surface area contributed by atoms with Gasteiger partial charge in [0.25, 0.3) is 0 Å². The van der Waals surface area contributed by atoms with E-state index in [1.807, 2.05) is 74.3 Å². The maximum Gasteiger partial charge on any atom is 0.241 e. The lowest BCUT2D eigenvalue weighted by Crippen LogP contribution is -2.44.